The fourth-order valence-electron chi connectivity index (χ4n) is 3.02. The first-order valence-electron chi connectivity index (χ1n) is 6.86. The van der Waals surface area contributed by atoms with Crippen LogP contribution in [0.5, 0.6) is 0 Å². The lowest BCUT2D eigenvalue weighted by atomic mass is 9.84. The van der Waals surface area contributed by atoms with Crippen molar-refractivity contribution in [2.45, 2.75) is 38.1 Å². The Morgan fingerprint density at radius 3 is 2.68 bits per heavy atom. The van der Waals surface area contributed by atoms with Gasteiger partial charge in [-0.1, -0.05) is 12.8 Å². The lowest BCUT2D eigenvalue weighted by Gasteiger charge is -2.32. The molecule has 3 unspecified atom stereocenters. The number of likely N-dealkylation sites (tertiary alicyclic amines) is 1. The summed E-state index contributed by atoms with van der Waals surface area (Å²) in [5.41, 5.74) is 5.75. The van der Waals surface area contributed by atoms with Crippen molar-refractivity contribution in [3.63, 3.8) is 0 Å². The fraction of sp³-hybridized carbons (Fsp3) is 0.846. The quantitative estimate of drug-likeness (QED) is 0.795. The molecule has 110 valence electrons. The maximum Gasteiger partial charge on any atom is 0.225 e. The van der Waals surface area contributed by atoms with Crippen LogP contribution in [0.15, 0.2) is 0 Å². The minimum Gasteiger partial charge on any atom is -0.353 e. The Balaban J connectivity index is 0.00000180. The van der Waals surface area contributed by atoms with E-state index >= 15 is 0 Å². The third kappa shape index (κ3) is 3.83. The molecule has 1 aliphatic heterocycles. The number of nitrogens with zero attached hydrogens (tertiary/aromatic N) is 1. The van der Waals surface area contributed by atoms with Crippen molar-refractivity contribution < 1.29 is 9.59 Å². The van der Waals surface area contributed by atoms with Gasteiger partial charge < -0.3 is 16.0 Å². The van der Waals surface area contributed by atoms with Crippen LogP contribution in [0.3, 0.4) is 0 Å². The molecule has 19 heavy (non-hydrogen) atoms. The molecule has 3 N–H and O–H groups in total. The zero-order valence-electron chi connectivity index (χ0n) is 11.4. The number of nitrogens with one attached hydrogen (secondary N) is 1. The molecule has 2 fully saturated rings. The van der Waals surface area contributed by atoms with Gasteiger partial charge in [0.2, 0.25) is 11.8 Å². The maximum absolute atomic E-state index is 12.1. The van der Waals surface area contributed by atoms with E-state index in [0.29, 0.717) is 25.4 Å². The fourth-order valence-corrected chi connectivity index (χ4v) is 3.02. The second kappa shape index (κ2) is 7.10. The van der Waals surface area contributed by atoms with E-state index < -0.39 is 0 Å². The number of carbonyl (C=O) groups excluding carboxylic acids is 2. The molecule has 1 heterocycles. The number of carbonyl (C=O) groups is 2. The molecule has 1 saturated heterocycles. The Hall–Kier alpha value is -0.810. The summed E-state index contributed by atoms with van der Waals surface area (Å²) >= 11 is 0. The molecule has 0 bridgehead atoms. The molecular formula is C13H24ClN3O2. The molecule has 5 nitrogen and oxygen atoms in total. The van der Waals surface area contributed by atoms with Gasteiger partial charge in [-0.25, -0.2) is 0 Å². The zero-order chi connectivity index (χ0) is 13.1. The molecule has 0 spiro atoms. The Morgan fingerprint density at radius 1 is 1.42 bits per heavy atom. The van der Waals surface area contributed by atoms with Crippen LogP contribution in [0.25, 0.3) is 0 Å². The second-order valence-electron chi connectivity index (χ2n) is 5.57. The highest BCUT2D eigenvalue weighted by Gasteiger charge is 2.34. The molecule has 2 rings (SSSR count). The monoisotopic (exact) mass is 289 g/mol. The molecule has 1 aliphatic carbocycles. The number of hydrogen-bond donors (Lipinski definition) is 2. The van der Waals surface area contributed by atoms with E-state index in [0.717, 1.165) is 19.3 Å². The van der Waals surface area contributed by atoms with Crippen molar-refractivity contribution in [1.29, 1.82) is 0 Å². The predicted octanol–water partition coefficient (Wildman–Crippen LogP) is 0.520. The summed E-state index contributed by atoms with van der Waals surface area (Å²) in [4.78, 5) is 25.2. The van der Waals surface area contributed by atoms with Crippen molar-refractivity contribution >= 4 is 24.2 Å². The number of amides is 2. The van der Waals surface area contributed by atoms with Crippen LogP contribution in [0.4, 0.5) is 0 Å². The molecular weight excluding hydrogens is 266 g/mol. The van der Waals surface area contributed by atoms with Gasteiger partial charge in [-0.2, -0.15) is 0 Å². The minimum atomic E-state index is -0.178. The van der Waals surface area contributed by atoms with Gasteiger partial charge in [-0.15, -0.1) is 12.4 Å². The molecule has 2 aliphatic rings. The van der Waals surface area contributed by atoms with Crippen LogP contribution in [-0.2, 0) is 9.59 Å². The normalized spacial score (nSPS) is 30.9. The van der Waals surface area contributed by atoms with Gasteiger partial charge in [-0.3, -0.25) is 9.59 Å². The number of halogens is 1. The van der Waals surface area contributed by atoms with Gasteiger partial charge in [0.25, 0.3) is 0 Å². The summed E-state index contributed by atoms with van der Waals surface area (Å²) in [6.45, 7) is 1.18. The highest BCUT2D eigenvalue weighted by molar-refractivity contribution is 5.89. The first-order valence-corrected chi connectivity index (χ1v) is 6.86. The van der Waals surface area contributed by atoms with Crippen molar-refractivity contribution in [3.05, 3.63) is 0 Å². The van der Waals surface area contributed by atoms with Crippen LogP contribution in [-0.4, -0.2) is 42.9 Å². The van der Waals surface area contributed by atoms with Gasteiger partial charge in [0, 0.05) is 26.1 Å². The SMILES string of the molecule is CN1CC(C(=O)NC2CCCCC2CN)CC1=O.Cl. The van der Waals surface area contributed by atoms with Crippen molar-refractivity contribution in [2.75, 3.05) is 20.1 Å². The standard InChI is InChI=1S/C13H23N3O2.ClH/c1-16-8-10(6-12(16)17)13(18)15-11-5-3-2-4-9(11)7-14;/h9-11H,2-8,14H2,1H3,(H,15,18);1H. The maximum atomic E-state index is 12.1. The van der Waals surface area contributed by atoms with Gasteiger partial charge in [-0.05, 0) is 25.3 Å². The summed E-state index contributed by atoms with van der Waals surface area (Å²) in [5, 5.41) is 3.11. The second-order valence-corrected chi connectivity index (χ2v) is 5.57. The lowest BCUT2D eigenvalue weighted by molar-refractivity contribution is -0.128. The molecule has 0 radical (unpaired) electrons. The lowest BCUT2D eigenvalue weighted by Crippen LogP contribution is -2.47. The summed E-state index contributed by atoms with van der Waals surface area (Å²) in [5.74, 6) is 0.313. The van der Waals surface area contributed by atoms with Gasteiger partial charge in [0.05, 0.1) is 5.92 Å². The number of rotatable bonds is 3. The predicted molar refractivity (Wildman–Crippen MR) is 75.9 cm³/mol. The molecule has 6 heteroatoms. The van der Waals surface area contributed by atoms with Crippen molar-refractivity contribution in [2.24, 2.45) is 17.6 Å². The molecule has 0 aromatic heterocycles. The average molecular weight is 290 g/mol. The van der Waals surface area contributed by atoms with E-state index in [1.165, 1.54) is 6.42 Å². The van der Waals surface area contributed by atoms with Gasteiger partial charge >= 0.3 is 0 Å². The summed E-state index contributed by atoms with van der Waals surface area (Å²) < 4.78 is 0. The van der Waals surface area contributed by atoms with Crippen LogP contribution < -0.4 is 11.1 Å². The average Bonchev–Trinajstić information content (AvgIpc) is 2.70. The van der Waals surface area contributed by atoms with Crippen LogP contribution in [0.2, 0.25) is 0 Å². The minimum absolute atomic E-state index is 0. The van der Waals surface area contributed by atoms with E-state index in [2.05, 4.69) is 5.32 Å². The molecule has 0 aromatic carbocycles. The van der Waals surface area contributed by atoms with Gasteiger partial charge in [0.15, 0.2) is 0 Å². The highest BCUT2D eigenvalue weighted by Crippen LogP contribution is 2.24. The highest BCUT2D eigenvalue weighted by atomic mass is 35.5. The molecule has 2 amide bonds. The largest absolute Gasteiger partial charge is 0.353 e. The zero-order valence-corrected chi connectivity index (χ0v) is 12.2. The van der Waals surface area contributed by atoms with E-state index in [-0.39, 0.29) is 36.2 Å². The summed E-state index contributed by atoms with van der Waals surface area (Å²) in [6.07, 6.45) is 4.83. The first-order chi connectivity index (χ1) is 8.61. The molecule has 3 atom stereocenters. The summed E-state index contributed by atoms with van der Waals surface area (Å²) in [6, 6.07) is 0.206. The Kier molecular flexibility index (Phi) is 6.07. The van der Waals surface area contributed by atoms with E-state index in [1.807, 2.05) is 0 Å². The number of hydrogen-bond acceptors (Lipinski definition) is 3. The topological polar surface area (TPSA) is 75.4 Å². The van der Waals surface area contributed by atoms with E-state index in [4.69, 9.17) is 5.73 Å². The van der Waals surface area contributed by atoms with E-state index in [1.54, 1.807) is 11.9 Å². The smallest absolute Gasteiger partial charge is 0.225 e. The Bertz CT molecular complexity index is 338. The van der Waals surface area contributed by atoms with Crippen LogP contribution >= 0.6 is 12.4 Å². The van der Waals surface area contributed by atoms with E-state index in [9.17, 15) is 9.59 Å². The van der Waals surface area contributed by atoms with Crippen molar-refractivity contribution in [1.82, 2.24) is 10.2 Å². The van der Waals surface area contributed by atoms with Crippen LogP contribution in [0.1, 0.15) is 32.1 Å². The number of nitrogens with two attached hydrogens (primary N) is 1. The first kappa shape index (κ1) is 16.2. The molecule has 0 aromatic rings. The Labute approximate surface area is 120 Å². The van der Waals surface area contributed by atoms with Gasteiger partial charge in [0.1, 0.15) is 0 Å². The summed E-state index contributed by atoms with van der Waals surface area (Å²) in [7, 11) is 1.75. The van der Waals surface area contributed by atoms with Crippen LogP contribution in [0, 0.1) is 11.8 Å². The van der Waals surface area contributed by atoms with Crippen molar-refractivity contribution in [3.8, 4) is 0 Å². The third-order valence-corrected chi connectivity index (χ3v) is 4.25. The molecule has 1 saturated carbocycles. The third-order valence-electron chi connectivity index (χ3n) is 4.25. The Morgan fingerprint density at radius 2 is 2.11 bits per heavy atom.